The highest BCUT2D eigenvalue weighted by Crippen LogP contribution is 2.33. The van der Waals surface area contributed by atoms with Crippen molar-refractivity contribution in [1.82, 2.24) is 9.88 Å². The summed E-state index contributed by atoms with van der Waals surface area (Å²) in [6, 6.07) is 1.97. The smallest absolute Gasteiger partial charge is 0.335 e. The molecule has 1 unspecified atom stereocenters. The Bertz CT molecular complexity index is 746. The summed E-state index contributed by atoms with van der Waals surface area (Å²) in [6.45, 7) is 0. The molecule has 2 heterocycles. The molecule has 2 aliphatic rings. The number of hydrogen-bond acceptors (Lipinski definition) is 5. The van der Waals surface area contributed by atoms with Crippen molar-refractivity contribution in [3.05, 3.63) is 23.9 Å². The Morgan fingerprint density at radius 1 is 1.24 bits per heavy atom. The van der Waals surface area contributed by atoms with Gasteiger partial charge in [0, 0.05) is 18.3 Å². The highest BCUT2D eigenvalue weighted by molar-refractivity contribution is 7.99. The summed E-state index contributed by atoms with van der Waals surface area (Å²) >= 11 is 1.06. The first kappa shape index (κ1) is 18.5. The summed E-state index contributed by atoms with van der Waals surface area (Å²) in [5.74, 6) is -0.0534. The largest absolute Gasteiger partial charge is 0.417 e. The monoisotopic (exact) mass is 394 g/mol. The Morgan fingerprint density at radius 2 is 1.96 bits per heavy atom. The normalized spacial score (nSPS) is 22.8. The van der Waals surface area contributed by atoms with Crippen LogP contribution >= 0.6 is 11.8 Å². The molecular formula is C15H17F3N2O3S2. The van der Waals surface area contributed by atoms with E-state index in [0.29, 0.717) is 11.4 Å². The first-order valence-electron chi connectivity index (χ1n) is 7.83. The van der Waals surface area contributed by atoms with Gasteiger partial charge in [0.15, 0.2) is 9.84 Å². The van der Waals surface area contributed by atoms with E-state index in [4.69, 9.17) is 0 Å². The number of hydrogen-bond donors (Lipinski definition) is 0. The number of pyridine rings is 1. The van der Waals surface area contributed by atoms with Crippen molar-refractivity contribution in [3.8, 4) is 0 Å². The number of aromatic nitrogens is 1. The molecule has 0 radical (unpaired) electrons. The summed E-state index contributed by atoms with van der Waals surface area (Å²) in [5, 5.41) is 0.330. The second-order valence-electron chi connectivity index (χ2n) is 6.26. The molecular weight excluding hydrogens is 377 g/mol. The molecule has 1 amide bonds. The fourth-order valence-corrected chi connectivity index (χ4v) is 5.32. The van der Waals surface area contributed by atoms with Crippen LogP contribution < -0.4 is 0 Å². The van der Waals surface area contributed by atoms with Crippen LogP contribution in [0.25, 0.3) is 0 Å². The molecule has 0 spiro atoms. The van der Waals surface area contributed by atoms with E-state index in [1.54, 1.807) is 4.90 Å². The predicted octanol–water partition coefficient (Wildman–Crippen LogP) is 2.37. The summed E-state index contributed by atoms with van der Waals surface area (Å²) < 4.78 is 60.9. The zero-order valence-electron chi connectivity index (χ0n) is 13.2. The van der Waals surface area contributed by atoms with Crippen LogP contribution in [0.5, 0.6) is 0 Å². The SMILES string of the molecule is O=C(CSc1ccc(C(F)(F)F)cn1)N(C1CC1)C1CCS(=O)(=O)C1. The Kier molecular flexibility index (Phi) is 5.02. The van der Waals surface area contributed by atoms with Gasteiger partial charge in [-0.2, -0.15) is 13.2 Å². The van der Waals surface area contributed by atoms with Crippen LogP contribution in [0.4, 0.5) is 13.2 Å². The molecule has 0 bridgehead atoms. The van der Waals surface area contributed by atoms with Gasteiger partial charge in [0.2, 0.25) is 5.91 Å². The lowest BCUT2D eigenvalue weighted by atomic mass is 10.2. The van der Waals surface area contributed by atoms with Crippen LogP contribution in [0, 0.1) is 0 Å². The van der Waals surface area contributed by atoms with Crippen molar-refractivity contribution in [3.63, 3.8) is 0 Å². The van der Waals surface area contributed by atoms with Crippen molar-refractivity contribution in [2.45, 2.75) is 42.5 Å². The molecule has 3 rings (SSSR count). The van der Waals surface area contributed by atoms with Gasteiger partial charge in [0.05, 0.1) is 27.8 Å². The molecule has 5 nitrogen and oxygen atoms in total. The first-order valence-corrected chi connectivity index (χ1v) is 10.6. The summed E-state index contributed by atoms with van der Waals surface area (Å²) in [4.78, 5) is 17.9. The second kappa shape index (κ2) is 6.79. The third-order valence-corrected chi connectivity index (χ3v) is 6.92. The van der Waals surface area contributed by atoms with Crippen molar-refractivity contribution < 1.29 is 26.4 Å². The minimum absolute atomic E-state index is 0.00155. The van der Waals surface area contributed by atoms with Gasteiger partial charge in [-0.15, -0.1) is 0 Å². The molecule has 2 fully saturated rings. The number of sulfone groups is 1. The standard InChI is InChI=1S/C15H17F3N2O3S2/c16-15(17,18)10-1-4-13(19-7-10)24-8-14(21)20(11-2-3-11)12-5-6-25(22,23)9-12/h1,4,7,11-12H,2-3,5-6,8-9H2. The highest BCUT2D eigenvalue weighted by atomic mass is 32.2. The quantitative estimate of drug-likeness (QED) is 0.718. The minimum Gasteiger partial charge on any atom is -0.335 e. The fourth-order valence-electron chi connectivity index (χ4n) is 2.90. The van der Waals surface area contributed by atoms with E-state index in [2.05, 4.69) is 4.98 Å². The maximum atomic E-state index is 12.5. The van der Waals surface area contributed by atoms with Crippen LogP contribution in [0.1, 0.15) is 24.8 Å². The molecule has 1 aliphatic heterocycles. The van der Waals surface area contributed by atoms with Crippen LogP contribution in [0.2, 0.25) is 0 Å². The van der Waals surface area contributed by atoms with E-state index in [-0.39, 0.29) is 35.2 Å². The minimum atomic E-state index is -4.44. The van der Waals surface area contributed by atoms with Crippen molar-refractivity contribution in [1.29, 1.82) is 0 Å². The highest BCUT2D eigenvalue weighted by Gasteiger charge is 2.41. The topological polar surface area (TPSA) is 67.3 Å². The number of nitrogens with zero attached hydrogens (tertiary/aromatic N) is 2. The molecule has 1 aromatic heterocycles. The average Bonchev–Trinajstić information content (AvgIpc) is 3.28. The molecule has 1 saturated carbocycles. The Morgan fingerprint density at radius 3 is 2.44 bits per heavy atom. The van der Waals surface area contributed by atoms with E-state index in [9.17, 15) is 26.4 Å². The van der Waals surface area contributed by atoms with E-state index in [1.807, 2.05) is 0 Å². The van der Waals surface area contributed by atoms with Crippen molar-refractivity contribution >= 4 is 27.5 Å². The van der Waals surface area contributed by atoms with Crippen LogP contribution in [-0.4, -0.2) is 53.6 Å². The molecule has 0 aromatic carbocycles. The van der Waals surface area contributed by atoms with Crippen molar-refractivity contribution in [2.75, 3.05) is 17.3 Å². The zero-order valence-corrected chi connectivity index (χ0v) is 14.8. The molecule has 1 atom stereocenters. The van der Waals surface area contributed by atoms with Gasteiger partial charge < -0.3 is 4.90 Å². The van der Waals surface area contributed by atoms with Gasteiger partial charge in [-0.1, -0.05) is 11.8 Å². The fraction of sp³-hybridized carbons (Fsp3) is 0.600. The van der Waals surface area contributed by atoms with Crippen LogP contribution in [-0.2, 0) is 20.8 Å². The van der Waals surface area contributed by atoms with E-state index < -0.39 is 21.6 Å². The van der Waals surface area contributed by atoms with Gasteiger partial charge in [-0.05, 0) is 31.4 Å². The van der Waals surface area contributed by atoms with Gasteiger partial charge >= 0.3 is 6.18 Å². The van der Waals surface area contributed by atoms with Gasteiger partial charge in [0.25, 0.3) is 0 Å². The van der Waals surface area contributed by atoms with Crippen LogP contribution in [0.3, 0.4) is 0 Å². The zero-order chi connectivity index (χ0) is 18.2. The maximum absolute atomic E-state index is 12.5. The van der Waals surface area contributed by atoms with Crippen molar-refractivity contribution in [2.24, 2.45) is 0 Å². The number of halogens is 3. The molecule has 10 heteroatoms. The molecule has 1 aliphatic carbocycles. The average molecular weight is 394 g/mol. The van der Waals surface area contributed by atoms with E-state index >= 15 is 0 Å². The van der Waals surface area contributed by atoms with Gasteiger partial charge in [-0.3, -0.25) is 4.79 Å². The van der Waals surface area contributed by atoms with Gasteiger partial charge in [0.1, 0.15) is 0 Å². The molecule has 0 N–H and O–H groups in total. The maximum Gasteiger partial charge on any atom is 0.417 e. The predicted molar refractivity (Wildman–Crippen MR) is 86.9 cm³/mol. The lowest BCUT2D eigenvalue weighted by Gasteiger charge is -2.28. The number of carbonyl (C=O) groups excluding carboxylic acids is 1. The number of thioether (sulfide) groups is 1. The first-order chi connectivity index (χ1) is 11.7. The van der Waals surface area contributed by atoms with E-state index in [1.165, 1.54) is 6.07 Å². The second-order valence-corrected chi connectivity index (χ2v) is 9.48. The van der Waals surface area contributed by atoms with Crippen LogP contribution in [0.15, 0.2) is 23.4 Å². The number of amides is 1. The summed E-state index contributed by atoms with van der Waals surface area (Å²) in [7, 11) is -3.09. The number of rotatable bonds is 5. The molecule has 1 saturated heterocycles. The van der Waals surface area contributed by atoms with E-state index in [0.717, 1.165) is 36.9 Å². The lowest BCUT2D eigenvalue weighted by Crippen LogP contribution is -2.43. The lowest BCUT2D eigenvalue weighted by molar-refractivity contribution is -0.138. The Labute approximate surface area is 147 Å². The number of carbonyl (C=O) groups is 1. The third kappa shape index (κ3) is 4.66. The Balaban J connectivity index is 1.61. The molecule has 1 aromatic rings. The third-order valence-electron chi connectivity index (χ3n) is 4.24. The summed E-state index contributed by atoms with van der Waals surface area (Å²) in [5.41, 5.74) is -0.834. The summed E-state index contributed by atoms with van der Waals surface area (Å²) in [6.07, 6.45) is -1.51. The van der Waals surface area contributed by atoms with Gasteiger partial charge in [-0.25, -0.2) is 13.4 Å². The molecule has 25 heavy (non-hydrogen) atoms. The molecule has 138 valence electrons. The number of alkyl halides is 3. The Hall–Kier alpha value is -1.29.